The van der Waals surface area contributed by atoms with E-state index in [-0.39, 0.29) is 6.54 Å². The molecule has 78 valence electrons. The average Bonchev–Trinajstić information content (AvgIpc) is 2.36. The van der Waals surface area contributed by atoms with Crippen LogP contribution in [0.3, 0.4) is 0 Å². The summed E-state index contributed by atoms with van der Waals surface area (Å²) in [4.78, 5) is 25.1. The molecule has 0 saturated carbocycles. The second-order valence-electron chi connectivity index (χ2n) is 3.09. The lowest BCUT2D eigenvalue weighted by Gasteiger charge is -2.15. The largest absolute Gasteiger partial charge is 0.365 e. The van der Waals surface area contributed by atoms with Crippen molar-refractivity contribution in [3.63, 3.8) is 0 Å². The molecule has 1 aliphatic heterocycles. The van der Waals surface area contributed by atoms with Crippen LogP contribution in [0.25, 0.3) is 0 Å². The van der Waals surface area contributed by atoms with Gasteiger partial charge in [-0.1, -0.05) is 13.0 Å². The molecule has 1 fully saturated rings. The minimum atomic E-state index is -1.34. The van der Waals surface area contributed by atoms with Crippen LogP contribution in [0.5, 0.6) is 0 Å². The van der Waals surface area contributed by atoms with Gasteiger partial charge < -0.3 is 5.11 Å². The number of carbonyl (C=O) groups is 2. The van der Waals surface area contributed by atoms with Crippen molar-refractivity contribution >= 4 is 11.9 Å². The van der Waals surface area contributed by atoms with Crippen molar-refractivity contribution in [2.45, 2.75) is 19.6 Å². The number of imide groups is 1. The SMILES string of the molecule is C=CCN1C(=O)N(CCC)C(=O)C1O. The first-order valence-electron chi connectivity index (χ1n) is 4.54. The van der Waals surface area contributed by atoms with Crippen molar-refractivity contribution in [2.75, 3.05) is 13.1 Å². The van der Waals surface area contributed by atoms with Crippen LogP contribution in [-0.4, -0.2) is 46.2 Å². The van der Waals surface area contributed by atoms with Gasteiger partial charge in [-0.2, -0.15) is 0 Å². The Bertz CT molecular complexity index is 265. The van der Waals surface area contributed by atoms with Crippen molar-refractivity contribution in [2.24, 2.45) is 0 Å². The third kappa shape index (κ3) is 1.63. The molecular weight excluding hydrogens is 184 g/mol. The van der Waals surface area contributed by atoms with Crippen LogP contribution < -0.4 is 0 Å². The van der Waals surface area contributed by atoms with E-state index in [1.54, 1.807) is 0 Å². The molecule has 1 unspecified atom stereocenters. The fraction of sp³-hybridized carbons (Fsp3) is 0.556. The maximum absolute atomic E-state index is 11.5. The van der Waals surface area contributed by atoms with Crippen LogP contribution in [0.15, 0.2) is 12.7 Å². The average molecular weight is 198 g/mol. The number of amides is 3. The lowest BCUT2D eigenvalue weighted by molar-refractivity contribution is -0.136. The van der Waals surface area contributed by atoms with Gasteiger partial charge in [0.05, 0.1) is 0 Å². The van der Waals surface area contributed by atoms with Crippen molar-refractivity contribution in [1.82, 2.24) is 9.80 Å². The monoisotopic (exact) mass is 198 g/mol. The van der Waals surface area contributed by atoms with Gasteiger partial charge in [0, 0.05) is 13.1 Å². The van der Waals surface area contributed by atoms with Crippen LogP contribution >= 0.6 is 0 Å². The van der Waals surface area contributed by atoms with Gasteiger partial charge >= 0.3 is 6.03 Å². The van der Waals surface area contributed by atoms with E-state index in [0.717, 1.165) is 9.80 Å². The zero-order valence-electron chi connectivity index (χ0n) is 8.14. The third-order valence-corrected chi connectivity index (χ3v) is 2.03. The Morgan fingerprint density at radius 1 is 1.57 bits per heavy atom. The molecule has 14 heavy (non-hydrogen) atoms. The van der Waals surface area contributed by atoms with Crippen molar-refractivity contribution < 1.29 is 14.7 Å². The molecule has 0 aromatic rings. The highest BCUT2D eigenvalue weighted by atomic mass is 16.3. The van der Waals surface area contributed by atoms with Gasteiger partial charge in [0.15, 0.2) is 0 Å². The molecule has 5 nitrogen and oxygen atoms in total. The number of aliphatic hydroxyl groups excluding tert-OH is 1. The second kappa shape index (κ2) is 4.23. The van der Waals surface area contributed by atoms with Crippen LogP contribution in [-0.2, 0) is 4.79 Å². The minimum absolute atomic E-state index is 0.186. The molecule has 0 aromatic heterocycles. The predicted octanol–water partition coefficient (Wildman–Crippen LogP) is 0.165. The topological polar surface area (TPSA) is 60.9 Å². The summed E-state index contributed by atoms with van der Waals surface area (Å²) in [5, 5.41) is 9.42. The Kier molecular flexibility index (Phi) is 3.24. The third-order valence-electron chi connectivity index (χ3n) is 2.03. The van der Waals surface area contributed by atoms with Crippen LogP contribution in [0.1, 0.15) is 13.3 Å². The molecule has 1 N–H and O–H groups in total. The van der Waals surface area contributed by atoms with Gasteiger partial charge in [-0.3, -0.25) is 14.6 Å². The van der Waals surface area contributed by atoms with E-state index >= 15 is 0 Å². The van der Waals surface area contributed by atoms with Gasteiger partial charge in [-0.15, -0.1) is 6.58 Å². The summed E-state index contributed by atoms with van der Waals surface area (Å²) in [6.45, 7) is 5.85. The molecular formula is C9H14N2O3. The smallest absolute Gasteiger partial charge is 0.329 e. The van der Waals surface area contributed by atoms with Crippen LogP contribution in [0, 0.1) is 0 Å². The Hall–Kier alpha value is -1.36. The highest BCUT2D eigenvalue weighted by molar-refractivity contribution is 6.03. The molecule has 0 spiro atoms. The van der Waals surface area contributed by atoms with Gasteiger partial charge in [0.25, 0.3) is 5.91 Å². The first-order valence-corrected chi connectivity index (χ1v) is 4.54. The van der Waals surface area contributed by atoms with Gasteiger partial charge in [-0.05, 0) is 6.42 Å². The van der Waals surface area contributed by atoms with E-state index in [1.165, 1.54) is 6.08 Å². The minimum Gasteiger partial charge on any atom is -0.365 e. The van der Waals surface area contributed by atoms with Crippen molar-refractivity contribution in [1.29, 1.82) is 0 Å². The second-order valence-corrected chi connectivity index (χ2v) is 3.09. The summed E-state index contributed by atoms with van der Waals surface area (Å²) in [5.41, 5.74) is 0. The zero-order valence-corrected chi connectivity index (χ0v) is 8.14. The summed E-state index contributed by atoms with van der Waals surface area (Å²) in [7, 11) is 0. The zero-order chi connectivity index (χ0) is 10.7. The number of rotatable bonds is 4. The van der Waals surface area contributed by atoms with Crippen molar-refractivity contribution in [3.8, 4) is 0 Å². The van der Waals surface area contributed by atoms with E-state index in [9.17, 15) is 14.7 Å². The highest BCUT2D eigenvalue weighted by Crippen LogP contribution is 2.15. The number of nitrogens with zero attached hydrogens (tertiary/aromatic N) is 2. The first kappa shape index (κ1) is 10.7. The van der Waals surface area contributed by atoms with Crippen LogP contribution in [0.4, 0.5) is 4.79 Å². The molecule has 1 aliphatic rings. The number of urea groups is 1. The molecule has 0 aliphatic carbocycles. The van der Waals surface area contributed by atoms with E-state index in [1.807, 2.05) is 6.92 Å². The Morgan fingerprint density at radius 2 is 2.21 bits per heavy atom. The summed E-state index contributed by atoms with van der Waals surface area (Å²) in [6.07, 6.45) is 0.822. The van der Waals surface area contributed by atoms with E-state index < -0.39 is 18.2 Å². The molecule has 3 amide bonds. The number of hydrogen-bond acceptors (Lipinski definition) is 3. The van der Waals surface area contributed by atoms with E-state index in [2.05, 4.69) is 6.58 Å². The van der Waals surface area contributed by atoms with Gasteiger partial charge in [0.1, 0.15) is 0 Å². The summed E-state index contributed by atoms with van der Waals surface area (Å²) < 4.78 is 0. The fourth-order valence-electron chi connectivity index (χ4n) is 1.37. The molecule has 0 bridgehead atoms. The number of aliphatic hydroxyl groups is 1. The maximum atomic E-state index is 11.5. The molecule has 1 atom stereocenters. The molecule has 0 aromatic carbocycles. The van der Waals surface area contributed by atoms with Gasteiger partial charge in [-0.25, -0.2) is 4.79 Å². The predicted molar refractivity (Wildman–Crippen MR) is 50.3 cm³/mol. The maximum Gasteiger partial charge on any atom is 0.329 e. The first-order chi connectivity index (χ1) is 6.63. The number of carbonyl (C=O) groups excluding carboxylic acids is 2. The standard InChI is InChI=1S/C9H14N2O3/c1-3-5-10-7(12)8(13)11(6-4-2)9(10)14/h3,7,12H,1,4-6H2,2H3. The molecule has 0 radical (unpaired) electrons. The fourth-order valence-corrected chi connectivity index (χ4v) is 1.37. The van der Waals surface area contributed by atoms with E-state index in [0.29, 0.717) is 13.0 Å². The number of hydrogen-bond donors (Lipinski definition) is 1. The summed E-state index contributed by atoms with van der Waals surface area (Å²) in [6, 6.07) is -0.441. The van der Waals surface area contributed by atoms with Gasteiger partial charge in [0.2, 0.25) is 6.23 Å². The molecule has 1 saturated heterocycles. The lowest BCUT2D eigenvalue weighted by Crippen LogP contribution is -2.35. The van der Waals surface area contributed by atoms with Crippen LogP contribution in [0.2, 0.25) is 0 Å². The molecule has 1 rings (SSSR count). The Labute approximate surface area is 82.6 Å². The molecule has 1 heterocycles. The lowest BCUT2D eigenvalue weighted by atomic mass is 10.4. The normalized spacial score (nSPS) is 22.0. The summed E-state index contributed by atoms with van der Waals surface area (Å²) >= 11 is 0. The summed E-state index contributed by atoms with van der Waals surface area (Å²) in [5.74, 6) is -0.543. The molecule has 5 heteroatoms. The Morgan fingerprint density at radius 3 is 2.71 bits per heavy atom. The highest BCUT2D eigenvalue weighted by Gasteiger charge is 2.42. The Balaban J connectivity index is 2.79. The van der Waals surface area contributed by atoms with Crippen molar-refractivity contribution in [3.05, 3.63) is 12.7 Å². The quantitative estimate of drug-likeness (QED) is 0.517. The van der Waals surface area contributed by atoms with E-state index in [4.69, 9.17) is 0 Å².